The summed E-state index contributed by atoms with van der Waals surface area (Å²) >= 11 is 0. The van der Waals surface area contributed by atoms with Crippen molar-refractivity contribution < 1.29 is 23.9 Å². The van der Waals surface area contributed by atoms with Crippen LogP contribution in [0, 0.1) is 0 Å². The van der Waals surface area contributed by atoms with Crippen molar-refractivity contribution in [2.24, 2.45) is 0 Å². The molecule has 0 amide bonds. The molecule has 0 aliphatic carbocycles. The Kier molecular flexibility index (Phi) is 4.14. The Morgan fingerprint density at radius 1 is 1.30 bits per heavy atom. The van der Waals surface area contributed by atoms with Gasteiger partial charge < -0.3 is 14.8 Å². The third-order valence-electron chi connectivity index (χ3n) is 2.50. The first-order chi connectivity index (χ1) is 9.58. The molecule has 6 nitrogen and oxygen atoms in total. The van der Waals surface area contributed by atoms with Crippen LogP contribution in [0.5, 0.6) is 0 Å². The highest BCUT2D eigenvalue weighted by Gasteiger charge is 2.32. The Morgan fingerprint density at radius 2 is 2.00 bits per heavy atom. The Labute approximate surface area is 115 Å². The first-order valence-electron chi connectivity index (χ1n) is 5.97. The lowest BCUT2D eigenvalue weighted by molar-refractivity contribution is -0.144. The fourth-order valence-corrected chi connectivity index (χ4v) is 1.61. The Bertz CT molecular complexity index is 576. The van der Waals surface area contributed by atoms with Gasteiger partial charge >= 0.3 is 5.97 Å². The van der Waals surface area contributed by atoms with Crippen molar-refractivity contribution in [2.75, 3.05) is 18.5 Å². The highest BCUT2D eigenvalue weighted by molar-refractivity contribution is 6.20. The minimum atomic E-state index is -0.860. The van der Waals surface area contributed by atoms with Crippen molar-refractivity contribution in [1.82, 2.24) is 0 Å². The summed E-state index contributed by atoms with van der Waals surface area (Å²) < 4.78 is 9.88. The normalized spacial score (nSPS) is 13.9. The van der Waals surface area contributed by atoms with Crippen molar-refractivity contribution in [2.45, 2.75) is 6.92 Å². The number of nitrogens with one attached hydrogen (secondary N) is 1. The van der Waals surface area contributed by atoms with Crippen LogP contribution in [-0.4, -0.2) is 30.7 Å². The largest absolute Gasteiger partial charge is 0.470 e. The third kappa shape index (κ3) is 3.23. The fourth-order valence-electron chi connectivity index (χ4n) is 1.61. The lowest BCUT2D eigenvalue weighted by Crippen LogP contribution is -2.19. The van der Waals surface area contributed by atoms with Gasteiger partial charge in [-0.05, 0) is 19.1 Å². The van der Waals surface area contributed by atoms with Gasteiger partial charge in [0.2, 0.25) is 11.7 Å². The van der Waals surface area contributed by atoms with E-state index in [9.17, 15) is 14.4 Å². The molecule has 1 N–H and O–H groups in total. The van der Waals surface area contributed by atoms with E-state index in [1.54, 1.807) is 24.3 Å². The molecule has 0 bridgehead atoms. The summed E-state index contributed by atoms with van der Waals surface area (Å²) in [6.07, 6.45) is 0. The van der Waals surface area contributed by atoms with Gasteiger partial charge in [-0.25, -0.2) is 4.79 Å². The van der Waals surface area contributed by atoms with Crippen LogP contribution in [0.25, 0.3) is 0 Å². The Hall–Kier alpha value is -2.63. The standard InChI is InChI=1S/C14H13NO5/c1-9(16)7-20-14(18)12-11(17)8-19-13(12)15-10-5-3-2-4-6-10/h2-6,15H,7-8H2,1H3. The molecule has 0 saturated heterocycles. The van der Waals surface area contributed by atoms with E-state index >= 15 is 0 Å². The number of anilines is 1. The zero-order chi connectivity index (χ0) is 14.5. The summed E-state index contributed by atoms with van der Waals surface area (Å²) in [6, 6.07) is 8.96. The lowest BCUT2D eigenvalue weighted by Gasteiger charge is -2.08. The molecule has 0 unspecified atom stereocenters. The van der Waals surface area contributed by atoms with E-state index in [0.29, 0.717) is 5.69 Å². The first-order valence-corrected chi connectivity index (χ1v) is 5.97. The monoisotopic (exact) mass is 275 g/mol. The maximum absolute atomic E-state index is 11.8. The second-order valence-corrected chi connectivity index (χ2v) is 4.19. The summed E-state index contributed by atoms with van der Waals surface area (Å²) in [7, 11) is 0. The molecule has 0 radical (unpaired) electrons. The van der Waals surface area contributed by atoms with Gasteiger partial charge in [-0.2, -0.15) is 0 Å². The van der Waals surface area contributed by atoms with Crippen molar-refractivity contribution in [1.29, 1.82) is 0 Å². The second kappa shape index (κ2) is 6.01. The predicted octanol–water partition coefficient (Wildman–Crippen LogP) is 1.04. The van der Waals surface area contributed by atoms with Gasteiger partial charge in [0.05, 0.1) is 0 Å². The number of hydrogen-bond acceptors (Lipinski definition) is 6. The van der Waals surface area contributed by atoms with E-state index in [0.717, 1.165) is 0 Å². The van der Waals surface area contributed by atoms with Gasteiger partial charge in [-0.3, -0.25) is 9.59 Å². The van der Waals surface area contributed by atoms with E-state index in [1.165, 1.54) is 6.92 Å². The molecule has 0 fully saturated rings. The lowest BCUT2D eigenvalue weighted by atomic mass is 10.2. The van der Waals surface area contributed by atoms with Gasteiger partial charge in [0.15, 0.2) is 18.0 Å². The number of para-hydroxylation sites is 1. The molecule has 2 rings (SSSR count). The Morgan fingerprint density at radius 3 is 2.65 bits per heavy atom. The molecule has 6 heteroatoms. The summed E-state index contributed by atoms with van der Waals surface area (Å²) in [5.41, 5.74) is 0.476. The maximum atomic E-state index is 11.8. The van der Waals surface area contributed by atoms with E-state index in [1.807, 2.05) is 6.07 Å². The van der Waals surface area contributed by atoms with E-state index in [4.69, 9.17) is 9.47 Å². The smallest absolute Gasteiger partial charge is 0.347 e. The van der Waals surface area contributed by atoms with Gasteiger partial charge in [-0.1, -0.05) is 18.2 Å². The number of rotatable bonds is 5. The minimum Gasteiger partial charge on any atom is -0.470 e. The summed E-state index contributed by atoms with van der Waals surface area (Å²) in [6.45, 7) is 0.700. The second-order valence-electron chi connectivity index (χ2n) is 4.19. The van der Waals surface area contributed by atoms with Crippen molar-refractivity contribution in [3.63, 3.8) is 0 Å². The van der Waals surface area contributed by atoms with Crippen molar-refractivity contribution in [3.05, 3.63) is 41.8 Å². The van der Waals surface area contributed by atoms with Gasteiger partial charge in [0, 0.05) is 5.69 Å². The topological polar surface area (TPSA) is 81.7 Å². The average molecular weight is 275 g/mol. The molecule has 0 atom stereocenters. The summed E-state index contributed by atoms with van der Waals surface area (Å²) in [5, 5.41) is 2.84. The number of ether oxygens (including phenoxy) is 2. The van der Waals surface area contributed by atoms with Crippen LogP contribution in [0.4, 0.5) is 5.69 Å². The SMILES string of the molecule is CC(=O)COC(=O)C1=C(Nc2ccccc2)OCC1=O. The zero-order valence-corrected chi connectivity index (χ0v) is 10.8. The number of Topliss-reactive ketones (excluding diaryl/α,β-unsaturated/α-hetero) is 2. The minimum absolute atomic E-state index is 0.0507. The van der Waals surface area contributed by atoms with E-state index in [-0.39, 0.29) is 30.5 Å². The molecular weight excluding hydrogens is 262 g/mol. The number of esters is 1. The number of hydrogen-bond donors (Lipinski definition) is 1. The highest BCUT2D eigenvalue weighted by atomic mass is 16.5. The molecule has 0 saturated carbocycles. The molecule has 1 heterocycles. The average Bonchev–Trinajstić information content (AvgIpc) is 2.78. The number of carbonyl (C=O) groups excluding carboxylic acids is 3. The zero-order valence-electron chi connectivity index (χ0n) is 10.8. The molecule has 1 aromatic rings. The van der Waals surface area contributed by atoms with Crippen LogP contribution in [-0.2, 0) is 23.9 Å². The molecule has 0 aromatic heterocycles. The quantitative estimate of drug-likeness (QED) is 0.638. The summed E-state index contributed by atoms with van der Waals surface area (Å²) in [4.78, 5) is 34.2. The van der Waals surface area contributed by atoms with Crippen LogP contribution in [0.15, 0.2) is 41.8 Å². The first kappa shape index (κ1) is 13.8. The molecule has 0 spiro atoms. The van der Waals surface area contributed by atoms with Crippen molar-refractivity contribution >= 4 is 23.2 Å². The van der Waals surface area contributed by atoms with Gasteiger partial charge in [0.1, 0.15) is 6.61 Å². The van der Waals surface area contributed by atoms with Crippen LogP contribution in [0.1, 0.15) is 6.92 Å². The van der Waals surface area contributed by atoms with Crippen LogP contribution < -0.4 is 5.32 Å². The number of ketones is 2. The van der Waals surface area contributed by atoms with Crippen LogP contribution >= 0.6 is 0 Å². The van der Waals surface area contributed by atoms with E-state index in [2.05, 4.69) is 5.32 Å². The molecule has 1 aliphatic rings. The van der Waals surface area contributed by atoms with Gasteiger partial charge in [-0.15, -0.1) is 0 Å². The molecular formula is C14H13NO5. The highest BCUT2D eigenvalue weighted by Crippen LogP contribution is 2.20. The molecule has 20 heavy (non-hydrogen) atoms. The number of carbonyl (C=O) groups is 3. The molecule has 1 aromatic carbocycles. The number of benzene rings is 1. The van der Waals surface area contributed by atoms with Crippen LogP contribution in [0.2, 0.25) is 0 Å². The van der Waals surface area contributed by atoms with Crippen LogP contribution in [0.3, 0.4) is 0 Å². The Balaban J connectivity index is 2.16. The van der Waals surface area contributed by atoms with Crippen molar-refractivity contribution in [3.8, 4) is 0 Å². The fraction of sp³-hybridized carbons (Fsp3) is 0.214. The summed E-state index contributed by atoms with van der Waals surface area (Å²) in [5.74, 6) is -1.59. The molecule has 104 valence electrons. The predicted molar refractivity (Wildman–Crippen MR) is 69.7 cm³/mol. The molecule has 1 aliphatic heterocycles. The maximum Gasteiger partial charge on any atom is 0.347 e. The third-order valence-corrected chi connectivity index (χ3v) is 2.50. The van der Waals surface area contributed by atoms with Gasteiger partial charge in [0.25, 0.3) is 0 Å². The van der Waals surface area contributed by atoms with E-state index < -0.39 is 11.8 Å².